The molecule has 0 aliphatic heterocycles. The molecule has 1 N–H and O–H groups in total. The van der Waals surface area contributed by atoms with Gasteiger partial charge < -0.3 is 9.88 Å². The number of nitrogens with zero attached hydrogens (tertiary/aromatic N) is 5. The van der Waals surface area contributed by atoms with Crippen molar-refractivity contribution in [3.63, 3.8) is 0 Å². The summed E-state index contributed by atoms with van der Waals surface area (Å²) in [6, 6.07) is 20.9. The van der Waals surface area contributed by atoms with Gasteiger partial charge in [-0.3, -0.25) is 9.20 Å². The molecule has 3 aromatic heterocycles. The summed E-state index contributed by atoms with van der Waals surface area (Å²) in [6.45, 7) is 0.333. The highest BCUT2D eigenvalue weighted by atomic mass is 16.1. The predicted octanol–water partition coefficient (Wildman–Crippen LogP) is 3.69. The summed E-state index contributed by atoms with van der Waals surface area (Å²) in [7, 11) is 1.94. The number of nitriles is 1. The Balaban J connectivity index is 1.37. The Bertz CT molecular complexity index is 1470. The van der Waals surface area contributed by atoms with E-state index in [1.807, 2.05) is 58.6 Å². The van der Waals surface area contributed by atoms with Crippen LogP contribution in [0.4, 0.5) is 0 Å². The highest BCUT2D eigenvalue weighted by Crippen LogP contribution is 2.22. The molecular weight excluding hydrogens is 388 g/mol. The molecule has 0 atom stereocenters. The number of benzene rings is 2. The Morgan fingerprint density at radius 1 is 1.13 bits per heavy atom. The number of pyridine rings is 1. The van der Waals surface area contributed by atoms with Crippen LogP contribution in [0.1, 0.15) is 21.7 Å². The second-order valence-corrected chi connectivity index (χ2v) is 7.23. The third-order valence-electron chi connectivity index (χ3n) is 5.37. The standard InChI is InChI=1S/C24H18N6O/c1-29-20-5-3-2-4-19(20)28-23(29)15-27-24(31)18-10-11-30-21(14-26-22(30)12-18)17-8-6-16(13-25)7-9-17/h2-12,14H,15H2,1H3,(H,27,31). The molecule has 5 rings (SSSR count). The van der Waals surface area contributed by atoms with E-state index in [1.54, 1.807) is 30.5 Å². The smallest absolute Gasteiger partial charge is 0.251 e. The van der Waals surface area contributed by atoms with Gasteiger partial charge in [-0.15, -0.1) is 0 Å². The number of fused-ring (bicyclic) bond motifs is 2. The van der Waals surface area contributed by atoms with Gasteiger partial charge in [0.05, 0.1) is 41.1 Å². The fourth-order valence-electron chi connectivity index (χ4n) is 3.67. The molecular formula is C24H18N6O. The van der Waals surface area contributed by atoms with Crippen LogP contribution >= 0.6 is 0 Å². The van der Waals surface area contributed by atoms with Crippen LogP contribution in [0, 0.1) is 11.3 Å². The number of para-hydroxylation sites is 2. The Morgan fingerprint density at radius 3 is 2.71 bits per heavy atom. The third kappa shape index (κ3) is 3.30. The van der Waals surface area contributed by atoms with Crippen LogP contribution in [0.15, 0.2) is 73.1 Å². The molecule has 1 amide bonds. The van der Waals surface area contributed by atoms with Crippen LogP contribution in [-0.4, -0.2) is 24.8 Å². The molecule has 0 aliphatic rings. The molecule has 31 heavy (non-hydrogen) atoms. The lowest BCUT2D eigenvalue weighted by Crippen LogP contribution is -2.24. The molecule has 0 bridgehead atoms. The van der Waals surface area contributed by atoms with E-state index in [-0.39, 0.29) is 5.91 Å². The van der Waals surface area contributed by atoms with Crippen molar-refractivity contribution in [2.45, 2.75) is 6.54 Å². The summed E-state index contributed by atoms with van der Waals surface area (Å²) in [5.41, 5.74) is 5.59. The lowest BCUT2D eigenvalue weighted by molar-refractivity contribution is 0.0949. The quantitative estimate of drug-likeness (QED) is 0.493. The fourth-order valence-corrected chi connectivity index (χ4v) is 3.67. The van der Waals surface area contributed by atoms with E-state index >= 15 is 0 Å². The molecule has 7 nitrogen and oxygen atoms in total. The van der Waals surface area contributed by atoms with E-state index in [0.717, 1.165) is 28.1 Å². The first kappa shape index (κ1) is 18.6. The zero-order valence-corrected chi connectivity index (χ0v) is 16.8. The first-order valence-electron chi connectivity index (χ1n) is 9.80. The number of carbonyl (C=O) groups is 1. The highest BCUT2D eigenvalue weighted by Gasteiger charge is 2.12. The van der Waals surface area contributed by atoms with Crippen molar-refractivity contribution >= 4 is 22.6 Å². The molecule has 0 radical (unpaired) electrons. The molecule has 2 aromatic carbocycles. The molecule has 0 fully saturated rings. The molecule has 0 saturated carbocycles. The number of amides is 1. The third-order valence-corrected chi connectivity index (χ3v) is 5.37. The molecule has 3 heterocycles. The second kappa shape index (κ2) is 7.43. The van der Waals surface area contributed by atoms with Crippen LogP contribution in [0.5, 0.6) is 0 Å². The highest BCUT2D eigenvalue weighted by molar-refractivity contribution is 5.95. The molecule has 0 spiro atoms. The predicted molar refractivity (Wildman–Crippen MR) is 117 cm³/mol. The van der Waals surface area contributed by atoms with Gasteiger partial charge in [0, 0.05) is 24.4 Å². The largest absolute Gasteiger partial charge is 0.345 e. The summed E-state index contributed by atoms with van der Waals surface area (Å²) < 4.78 is 3.90. The lowest BCUT2D eigenvalue weighted by Gasteiger charge is -2.07. The minimum absolute atomic E-state index is 0.183. The number of aryl methyl sites for hydroxylation is 1. The van der Waals surface area contributed by atoms with Crippen molar-refractivity contribution in [3.8, 4) is 17.3 Å². The van der Waals surface area contributed by atoms with Crippen LogP contribution in [-0.2, 0) is 13.6 Å². The van der Waals surface area contributed by atoms with Gasteiger partial charge in [0.25, 0.3) is 5.91 Å². The van der Waals surface area contributed by atoms with Crippen molar-refractivity contribution < 1.29 is 4.79 Å². The fraction of sp³-hybridized carbons (Fsp3) is 0.0833. The Labute approximate surface area is 178 Å². The van der Waals surface area contributed by atoms with E-state index in [1.165, 1.54) is 0 Å². The Kier molecular flexibility index (Phi) is 4.45. The van der Waals surface area contributed by atoms with E-state index in [0.29, 0.717) is 23.3 Å². The van der Waals surface area contributed by atoms with Crippen molar-refractivity contribution in [3.05, 3.63) is 90.0 Å². The number of hydrogen-bond acceptors (Lipinski definition) is 4. The number of imidazole rings is 2. The average Bonchev–Trinajstić information content (AvgIpc) is 3.38. The first-order valence-corrected chi connectivity index (χ1v) is 9.80. The van der Waals surface area contributed by atoms with E-state index in [9.17, 15) is 4.79 Å². The van der Waals surface area contributed by atoms with E-state index in [2.05, 4.69) is 21.4 Å². The maximum absolute atomic E-state index is 12.7. The van der Waals surface area contributed by atoms with Crippen LogP contribution in [0.3, 0.4) is 0 Å². The molecule has 150 valence electrons. The van der Waals surface area contributed by atoms with Gasteiger partial charge in [0.15, 0.2) is 0 Å². The van der Waals surface area contributed by atoms with Crippen LogP contribution in [0.2, 0.25) is 0 Å². The SMILES string of the molecule is Cn1c(CNC(=O)c2ccn3c(-c4ccc(C#N)cc4)cnc3c2)nc2ccccc21. The minimum atomic E-state index is -0.183. The van der Waals surface area contributed by atoms with Crippen molar-refractivity contribution in [2.75, 3.05) is 0 Å². The summed E-state index contributed by atoms with van der Waals surface area (Å²) >= 11 is 0. The normalized spacial score (nSPS) is 11.0. The van der Waals surface area contributed by atoms with E-state index < -0.39 is 0 Å². The summed E-state index contributed by atoms with van der Waals surface area (Å²) in [5, 5.41) is 11.9. The molecule has 0 unspecified atom stereocenters. The maximum Gasteiger partial charge on any atom is 0.251 e. The van der Waals surface area contributed by atoms with Gasteiger partial charge in [0.1, 0.15) is 11.5 Å². The van der Waals surface area contributed by atoms with Gasteiger partial charge in [-0.1, -0.05) is 24.3 Å². The topological polar surface area (TPSA) is 88.0 Å². The van der Waals surface area contributed by atoms with Crippen LogP contribution < -0.4 is 5.32 Å². The monoisotopic (exact) mass is 406 g/mol. The van der Waals surface area contributed by atoms with Crippen molar-refractivity contribution in [1.29, 1.82) is 5.26 Å². The van der Waals surface area contributed by atoms with E-state index in [4.69, 9.17) is 5.26 Å². The number of carbonyl (C=O) groups excluding carboxylic acids is 1. The number of nitrogens with one attached hydrogen (secondary N) is 1. The van der Waals surface area contributed by atoms with Gasteiger partial charge >= 0.3 is 0 Å². The Morgan fingerprint density at radius 2 is 1.94 bits per heavy atom. The number of rotatable bonds is 4. The van der Waals surface area contributed by atoms with Crippen LogP contribution in [0.25, 0.3) is 27.9 Å². The number of hydrogen-bond donors (Lipinski definition) is 1. The molecule has 7 heteroatoms. The van der Waals surface area contributed by atoms with Crippen molar-refractivity contribution in [1.82, 2.24) is 24.3 Å². The average molecular weight is 406 g/mol. The molecule has 0 saturated heterocycles. The first-order chi connectivity index (χ1) is 15.1. The van der Waals surface area contributed by atoms with Gasteiger partial charge in [0.2, 0.25) is 0 Å². The number of aromatic nitrogens is 4. The minimum Gasteiger partial charge on any atom is -0.345 e. The van der Waals surface area contributed by atoms with Gasteiger partial charge in [-0.25, -0.2) is 9.97 Å². The summed E-state index contributed by atoms with van der Waals surface area (Å²) in [5.74, 6) is 0.608. The zero-order valence-electron chi connectivity index (χ0n) is 16.8. The summed E-state index contributed by atoms with van der Waals surface area (Å²) in [4.78, 5) is 21.8. The zero-order chi connectivity index (χ0) is 21.4. The van der Waals surface area contributed by atoms with Gasteiger partial charge in [-0.05, 0) is 36.4 Å². The lowest BCUT2D eigenvalue weighted by atomic mass is 10.1. The Hall–Kier alpha value is -4.44. The molecule has 0 aliphatic carbocycles. The van der Waals surface area contributed by atoms with Gasteiger partial charge in [-0.2, -0.15) is 5.26 Å². The molecule has 5 aromatic rings. The van der Waals surface area contributed by atoms with Crippen molar-refractivity contribution in [2.24, 2.45) is 7.05 Å². The second-order valence-electron chi connectivity index (χ2n) is 7.23. The summed E-state index contributed by atoms with van der Waals surface area (Å²) in [6.07, 6.45) is 3.59. The maximum atomic E-state index is 12.7.